The number of hydrogen-bond donors (Lipinski definition) is 0. The molecular formula is C32H38O5. The predicted octanol–water partition coefficient (Wildman–Crippen LogP) is 7.42. The van der Waals surface area contributed by atoms with Crippen LogP contribution in [0.4, 0.5) is 0 Å². The Balaban J connectivity index is 1.57. The van der Waals surface area contributed by atoms with Gasteiger partial charge >= 0.3 is 11.6 Å². The molecule has 3 aromatic rings. The molecule has 196 valence electrons. The van der Waals surface area contributed by atoms with Crippen molar-refractivity contribution in [3.05, 3.63) is 76.7 Å². The van der Waals surface area contributed by atoms with Crippen LogP contribution < -0.4 is 10.4 Å². The smallest absolute Gasteiger partial charge is 0.344 e. The van der Waals surface area contributed by atoms with Gasteiger partial charge in [-0.05, 0) is 67.0 Å². The van der Waals surface area contributed by atoms with E-state index in [9.17, 15) is 9.59 Å². The minimum absolute atomic E-state index is 0.137. The SMILES string of the molecule is C=CC(=O)OC1CCC(Oc2ccc3cc(-c4ccc(CCCCC)cc4CC)c(=O)oc3c2)C1(C)C. The van der Waals surface area contributed by atoms with E-state index < -0.39 is 5.97 Å². The molecule has 2 atom stereocenters. The summed E-state index contributed by atoms with van der Waals surface area (Å²) < 4.78 is 17.6. The van der Waals surface area contributed by atoms with Crippen LogP contribution in [-0.2, 0) is 22.4 Å². The Morgan fingerprint density at radius 1 is 1.05 bits per heavy atom. The summed E-state index contributed by atoms with van der Waals surface area (Å²) in [5.74, 6) is 0.210. The van der Waals surface area contributed by atoms with Crippen molar-refractivity contribution in [3.63, 3.8) is 0 Å². The fourth-order valence-corrected chi connectivity index (χ4v) is 5.32. The van der Waals surface area contributed by atoms with Crippen molar-refractivity contribution < 1.29 is 18.7 Å². The second-order valence-electron chi connectivity index (χ2n) is 10.6. The number of ether oxygens (including phenoxy) is 2. The van der Waals surface area contributed by atoms with Gasteiger partial charge in [0.1, 0.15) is 23.5 Å². The molecule has 0 aliphatic heterocycles. The van der Waals surface area contributed by atoms with Crippen molar-refractivity contribution >= 4 is 16.9 Å². The van der Waals surface area contributed by atoms with Crippen LogP contribution >= 0.6 is 0 Å². The molecule has 2 unspecified atom stereocenters. The number of hydrogen-bond acceptors (Lipinski definition) is 5. The summed E-state index contributed by atoms with van der Waals surface area (Å²) >= 11 is 0. The predicted molar refractivity (Wildman–Crippen MR) is 148 cm³/mol. The topological polar surface area (TPSA) is 65.7 Å². The zero-order valence-corrected chi connectivity index (χ0v) is 22.5. The molecule has 37 heavy (non-hydrogen) atoms. The molecule has 0 saturated heterocycles. The van der Waals surface area contributed by atoms with Crippen LogP contribution in [-0.4, -0.2) is 18.2 Å². The fourth-order valence-electron chi connectivity index (χ4n) is 5.32. The third-order valence-corrected chi connectivity index (χ3v) is 7.67. The lowest BCUT2D eigenvalue weighted by Gasteiger charge is -2.32. The van der Waals surface area contributed by atoms with E-state index >= 15 is 0 Å². The molecule has 1 aliphatic rings. The van der Waals surface area contributed by atoms with Gasteiger partial charge in [-0.25, -0.2) is 9.59 Å². The lowest BCUT2D eigenvalue weighted by Crippen LogP contribution is -2.38. The standard InChI is InChI=1S/C32H38O5/c1-6-9-10-11-21-12-15-25(22(7-2)18-21)26-19-23-13-14-24(20-27(23)36-31(26)34)35-28-16-17-29(32(28,4)5)37-30(33)8-3/h8,12-15,18-20,28-29H,3,6-7,9-11,16-17H2,1-2,4-5H3. The van der Waals surface area contributed by atoms with Gasteiger partial charge in [0.2, 0.25) is 0 Å². The number of esters is 1. The first-order valence-corrected chi connectivity index (χ1v) is 13.5. The summed E-state index contributed by atoms with van der Waals surface area (Å²) in [7, 11) is 0. The zero-order chi connectivity index (χ0) is 26.6. The van der Waals surface area contributed by atoms with E-state index in [4.69, 9.17) is 13.9 Å². The summed E-state index contributed by atoms with van der Waals surface area (Å²) in [6.07, 6.45) is 7.81. The normalized spacial score (nSPS) is 18.6. The maximum absolute atomic E-state index is 13.1. The second kappa shape index (κ2) is 11.4. The minimum atomic E-state index is -0.417. The summed E-state index contributed by atoms with van der Waals surface area (Å²) in [4.78, 5) is 24.8. The number of benzene rings is 2. The van der Waals surface area contributed by atoms with Gasteiger partial charge < -0.3 is 13.9 Å². The Hall–Kier alpha value is -3.34. The Morgan fingerprint density at radius 3 is 2.57 bits per heavy atom. The summed E-state index contributed by atoms with van der Waals surface area (Å²) in [5.41, 5.74) is 3.78. The van der Waals surface area contributed by atoms with Crippen molar-refractivity contribution in [3.8, 4) is 16.9 Å². The second-order valence-corrected chi connectivity index (χ2v) is 10.6. The van der Waals surface area contributed by atoms with E-state index in [0.717, 1.165) is 42.2 Å². The van der Waals surface area contributed by atoms with Gasteiger partial charge in [0, 0.05) is 22.9 Å². The van der Waals surface area contributed by atoms with Gasteiger partial charge in [-0.15, -0.1) is 0 Å². The first-order chi connectivity index (χ1) is 17.8. The van der Waals surface area contributed by atoms with E-state index in [2.05, 4.69) is 38.6 Å². The molecule has 0 radical (unpaired) electrons. The molecular weight excluding hydrogens is 464 g/mol. The fraction of sp³-hybridized carbons (Fsp3) is 0.438. The van der Waals surface area contributed by atoms with Gasteiger partial charge in [0.25, 0.3) is 0 Å². The number of fused-ring (bicyclic) bond motifs is 1. The Bertz CT molecular complexity index is 1330. The van der Waals surface area contributed by atoms with Gasteiger partial charge in [0.15, 0.2) is 0 Å². The lowest BCUT2D eigenvalue weighted by atomic mass is 9.87. The number of rotatable bonds is 10. The molecule has 1 saturated carbocycles. The highest BCUT2D eigenvalue weighted by Gasteiger charge is 2.47. The number of carbonyl (C=O) groups excluding carboxylic acids is 1. The molecule has 0 spiro atoms. The summed E-state index contributed by atoms with van der Waals surface area (Å²) in [6, 6.07) is 14.0. The number of carbonyl (C=O) groups is 1. The number of aryl methyl sites for hydroxylation is 2. The monoisotopic (exact) mass is 502 g/mol. The molecule has 5 nitrogen and oxygen atoms in total. The Labute approximate surface area is 219 Å². The van der Waals surface area contributed by atoms with E-state index in [0.29, 0.717) is 16.9 Å². The van der Waals surface area contributed by atoms with Gasteiger partial charge in [0.05, 0.1) is 5.56 Å². The van der Waals surface area contributed by atoms with Crippen LogP contribution in [0.25, 0.3) is 22.1 Å². The van der Waals surface area contributed by atoms with Crippen LogP contribution in [0.5, 0.6) is 5.75 Å². The van der Waals surface area contributed by atoms with Crippen molar-refractivity contribution in [2.45, 2.75) is 84.8 Å². The maximum atomic E-state index is 13.1. The molecule has 4 rings (SSSR count). The first-order valence-electron chi connectivity index (χ1n) is 13.5. The average Bonchev–Trinajstić information content (AvgIpc) is 3.16. The van der Waals surface area contributed by atoms with E-state index in [1.54, 1.807) is 6.07 Å². The zero-order valence-electron chi connectivity index (χ0n) is 22.5. The average molecular weight is 503 g/mol. The van der Waals surface area contributed by atoms with Gasteiger partial charge in [-0.3, -0.25) is 0 Å². The molecule has 1 aliphatic carbocycles. The van der Waals surface area contributed by atoms with Crippen LogP contribution in [0, 0.1) is 5.41 Å². The molecule has 0 amide bonds. The van der Waals surface area contributed by atoms with Crippen molar-refractivity contribution in [2.75, 3.05) is 0 Å². The maximum Gasteiger partial charge on any atom is 0.344 e. The largest absolute Gasteiger partial charge is 0.490 e. The quantitative estimate of drug-likeness (QED) is 0.125. The minimum Gasteiger partial charge on any atom is -0.490 e. The third-order valence-electron chi connectivity index (χ3n) is 7.67. The Kier molecular flexibility index (Phi) is 8.21. The third kappa shape index (κ3) is 5.82. The van der Waals surface area contributed by atoms with E-state index in [-0.39, 0.29) is 23.2 Å². The highest BCUT2D eigenvalue weighted by molar-refractivity contribution is 5.83. The first kappa shape index (κ1) is 26.7. The highest BCUT2D eigenvalue weighted by atomic mass is 16.5. The van der Waals surface area contributed by atoms with Crippen molar-refractivity contribution in [1.82, 2.24) is 0 Å². The molecule has 1 fully saturated rings. The van der Waals surface area contributed by atoms with Crippen LogP contribution in [0.3, 0.4) is 0 Å². The molecule has 1 heterocycles. The van der Waals surface area contributed by atoms with Gasteiger partial charge in [-0.2, -0.15) is 0 Å². The molecule has 0 N–H and O–H groups in total. The molecule has 1 aromatic heterocycles. The molecule has 0 bridgehead atoms. The summed E-state index contributed by atoms with van der Waals surface area (Å²) in [5, 5.41) is 0.847. The summed E-state index contributed by atoms with van der Waals surface area (Å²) in [6.45, 7) is 11.9. The van der Waals surface area contributed by atoms with Gasteiger partial charge in [-0.1, -0.05) is 65.3 Å². The van der Waals surface area contributed by atoms with E-state index in [1.165, 1.54) is 30.9 Å². The van der Waals surface area contributed by atoms with Crippen LogP contribution in [0.15, 0.2) is 64.3 Å². The molecule has 5 heteroatoms. The van der Waals surface area contributed by atoms with Crippen molar-refractivity contribution in [2.24, 2.45) is 5.41 Å². The Morgan fingerprint density at radius 2 is 1.84 bits per heavy atom. The van der Waals surface area contributed by atoms with Crippen LogP contribution in [0.2, 0.25) is 0 Å². The van der Waals surface area contributed by atoms with Crippen molar-refractivity contribution in [1.29, 1.82) is 0 Å². The number of unbranched alkanes of at least 4 members (excludes halogenated alkanes) is 2. The lowest BCUT2D eigenvalue weighted by molar-refractivity contribution is -0.148. The van der Waals surface area contributed by atoms with Crippen LogP contribution in [0.1, 0.15) is 70.9 Å². The van der Waals surface area contributed by atoms with E-state index in [1.807, 2.05) is 32.0 Å². The highest BCUT2D eigenvalue weighted by Crippen LogP contribution is 2.42. The molecule has 2 aromatic carbocycles.